The van der Waals surface area contributed by atoms with E-state index in [1.165, 1.54) is 5.56 Å². The average Bonchev–Trinajstić information content (AvgIpc) is 2.77. The fraction of sp³-hybridized carbons (Fsp3) is 0.357. The van der Waals surface area contributed by atoms with Gasteiger partial charge in [0.25, 0.3) is 0 Å². The second-order valence-corrected chi connectivity index (χ2v) is 5.62. The highest BCUT2D eigenvalue weighted by atomic mass is 79.9. The van der Waals surface area contributed by atoms with Gasteiger partial charge >= 0.3 is 0 Å². The third kappa shape index (κ3) is 3.85. The zero-order valence-corrected chi connectivity index (χ0v) is 12.7. The molecule has 0 aliphatic rings. The van der Waals surface area contributed by atoms with Gasteiger partial charge in [0.15, 0.2) is 0 Å². The number of alkyl halides is 1. The van der Waals surface area contributed by atoms with Crippen LogP contribution in [0.3, 0.4) is 0 Å². The fourth-order valence-corrected chi connectivity index (χ4v) is 2.59. The van der Waals surface area contributed by atoms with E-state index in [0.717, 1.165) is 28.9 Å². The highest BCUT2D eigenvalue weighted by Crippen LogP contribution is 2.18. The predicted octanol–water partition coefficient (Wildman–Crippen LogP) is 3.87. The molecule has 0 saturated carbocycles. The van der Waals surface area contributed by atoms with Crippen LogP contribution in [0.5, 0.6) is 0 Å². The van der Waals surface area contributed by atoms with Gasteiger partial charge in [-0.1, -0.05) is 39.7 Å². The topological polar surface area (TPSA) is 17.8 Å². The maximum atomic E-state index is 5.89. The van der Waals surface area contributed by atoms with Crippen molar-refractivity contribution in [2.45, 2.75) is 12.8 Å². The Balaban J connectivity index is 1.99. The van der Waals surface area contributed by atoms with Crippen LogP contribution in [0.4, 0.5) is 0 Å². The quantitative estimate of drug-likeness (QED) is 0.762. The highest BCUT2D eigenvalue weighted by Gasteiger charge is 2.11. The van der Waals surface area contributed by atoms with E-state index in [-0.39, 0.29) is 0 Å². The summed E-state index contributed by atoms with van der Waals surface area (Å²) in [6, 6.07) is 10.2. The molecule has 96 valence electrons. The Hall–Kier alpha value is -0.800. The first-order valence-corrected chi connectivity index (χ1v) is 7.46. The van der Waals surface area contributed by atoms with Crippen molar-refractivity contribution in [1.29, 1.82) is 0 Å². The van der Waals surface area contributed by atoms with Crippen molar-refractivity contribution in [3.63, 3.8) is 0 Å². The molecule has 2 nitrogen and oxygen atoms in total. The second kappa shape index (κ2) is 6.39. The molecule has 1 heterocycles. The van der Waals surface area contributed by atoms with Gasteiger partial charge in [-0.25, -0.2) is 0 Å². The van der Waals surface area contributed by atoms with Crippen LogP contribution in [0, 0.1) is 5.92 Å². The molecule has 1 aromatic carbocycles. The summed E-state index contributed by atoms with van der Waals surface area (Å²) in [5.41, 5.74) is 2.47. The molecule has 2 rings (SSSR count). The van der Waals surface area contributed by atoms with Crippen LogP contribution >= 0.6 is 27.5 Å². The van der Waals surface area contributed by atoms with E-state index in [2.05, 4.69) is 39.2 Å². The summed E-state index contributed by atoms with van der Waals surface area (Å²) in [5, 5.41) is 6.20. The summed E-state index contributed by atoms with van der Waals surface area (Å²) in [6.07, 6.45) is 4.02. The van der Waals surface area contributed by atoms with E-state index in [1.807, 2.05) is 30.1 Å². The number of hydrogen-bond donors (Lipinski definition) is 0. The van der Waals surface area contributed by atoms with Gasteiger partial charge in [0.2, 0.25) is 0 Å². The maximum Gasteiger partial charge on any atom is 0.0627 e. The first kappa shape index (κ1) is 13.6. The van der Waals surface area contributed by atoms with Gasteiger partial charge in [-0.2, -0.15) is 5.10 Å². The number of aromatic nitrogens is 2. The number of nitrogens with zero attached hydrogens (tertiary/aromatic N) is 2. The third-order valence-electron chi connectivity index (χ3n) is 2.92. The van der Waals surface area contributed by atoms with E-state index >= 15 is 0 Å². The molecule has 0 N–H and O–H groups in total. The number of benzene rings is 1. The maximum absolute atomic E-state index is 5.89. The molecule has 1 aromatic heterocycles. The van der Waals surface area contributed by atoms with Crippen LogP contribution in [-0.4, -0.2) is 15.1 Å². The minimum Gasteiger partial charge on any atom is -0.276 e. The number of hydrogen-bond acceptors (Lipinski definition) is 1. The second-order valence-electron chi connectivity index (χ2n) is 4.54. The van der Waals surface area contributed by atoms with E-state index in [4.69, 9.17) is 11.6 Å². The van der Waals surface area contributed by atoms with Gasteiger partial charge in [-0.3, -0.25) is 4.68 Å². The Morgan fingerprint density at radius 3 is 2.50 bits per heavy atom. The van der Waals surface area contributed by atoms with E-state index in [0.29, 0.717) is 5.92 Å². The molecule has 0 aliphatic carbocycles. The Labute approximate surface area is 121 Å². The molecule has 0 fully saturated rings. The van der Waals surface area contributed by atoms with Crippen LogP contribution in [0.25, 0.3) is 0 Å². The zero-order valence-electron chi connectivity index (χ0n) is 10.3. The molecular formula is C14H16BrClN2. The van der Waals surface area contributed by atoms with Gasteiger partial charge in [-0.05, 0) is 42.5 Å². The Morgan fingerprint density at radius 1 is 1.22 bits per heavy atom. The largest absolute Gasteiger partial charge is 0.276 e. The Bertz CT molecular complexity index is 493. The predicted molar refractivity (Wildman–Crippen MR) is 79.4 cm³/mol. The SMILES string of the molecule is Cn1ccc(CC(CBr)Cc2ccc(Cl)cc2)n1. The summed E-state index contributed by atoms with van der Waals surface area (Å²) in [7, 11) is 1.95. The van der Waals surface area contributed by atoms with Crippen LogP contribution in [-0.2, 0) is 19.9 Å². The molecule has 0 bridgehead atoms. The van der Waals surface area contributed by atoms with Gasteiger partial charge in [0, 0.05) is 23.6 Å². The van der Waals surface area contributed by atoms with E-state index in [1.54, 1.807) is 0 Å². The van der Waals surface area contributed by atoms with Crippen molar-refractivity contribution in [3.8, 4) is 0 Å². The minimum atomic E-state index is 0.557. The smallest absolute Gasteiger partial charge is 0.0627 e. The van der Waals surface area contributed by atoms with Crippen molar-refractivity contribution in [1.82, 2.24) is 9.78 Å². The lowest BCUT2D eigenvalue weighted by Gasteiger charge is -2.12. The zero-order chi connectivity index (χ0) is 13.0. The first-order valence-electron chi connectivity index (χ1n) is 5.96. The van der Waals surface area contributed by atoms with Gasteiger partial charge in [0.05, 0.1) is 5.69 Å². The Kier molecular flexibility index (Phi) is 4.84. The normalized spacial score (nSPS) is 12.6. The van der Waals surface area contributed by atoms with Gasteiger partial charge in [-0.15, -0.1) is 0 Å². The molecule has 4 heteroatoms. The van der Waals surface area contributed by atoms with Crippen molar-refractivity contribution >= 4 is 27.5 Å². The molecule has 0 amide bonds. The monoisotopic (exact) mass is 326 g/mol. The number of rotatable bonds is 5. The Morgan fingerprint density at radius 2 is 1.94 bits per heavy atom. The summed E-state index contributed by atoms with van der Waals surface area (Å²) in [5.74, 6) is 0.557. The van der Waals surface area contributed by atoms with E-state index < -0.39 is 0 Å². The van der Waals surface area contributed by atoms with Crippen molar-refractivity contribution < 1.29 is 0 Å². The number of halogens is 2. The third-order valence-corrected chi connectivity index (χ3v) is 4.09. The molecule has 18 heavy (non-hydrogen) atoms. The fourth-order valence-electron chi connectivity index (χ4n) is 2.00. The summed E-state index contributed by atoms with van der Waals surface area (Å²) < 4.78 is 1.85. The van der Waals surface area contributed by atoms with Crippen LogP contribution in [0.15, 0.2) is 36.5 Å². The van der Waals surface area contributed by atoms with E-state index in [9.17, 15) is 0 Å². The molecule has 0 saturated heterocycles. The molecule has 1 unspecified atom stereocenters. The van der Waals surface area contributed by atoms with Gasteiger partial charge in [0.1, 0.15) is 0 Å². The van der Waals surface area contributed by atoms with Crippen molar-refractivity contribution in [2.24, 2.45) is 13.0 Å². The standard InChI is InChI=1S/C14H16BrClN2/c1-18-7-6-14(17-18)9-12(10-15)8-11-2-4-13(16)5-3-11/h2-7,12H,8-10H2,1H3. The summed E-state index contributed by atoms with van der Waals surface area (Å²) in [6.45, 7) is 0. The first-order chi connectivity index (χ1) is 8.67. The lowest BCUT2D eigenvalue weighted by molar-refractivity contribution is 0.574. The molecule has 0 spiro atoms. The van der Waals surface area contributed by atoms with Crippen molar-refractivity contribution in [3.05, 3.63) is 52.8 Å². The van der Waals surface area contributed by atoms with Crippen LogP contribution in [0.2, 0.25) is 5.02 Å². The molecule has 1 atom stereocenters. The molecule has 0 radical (unpaired) electrons. The van der Waals surface area contributed by atoms with Crippen molar-refractivity contribution in [2.75, 3.05) is 5.33 Å². The molecule has 2 aromatic rings. The lowest BCUT2D eigenvalue weighted by Crippen LogP contribution is -2.10. The highest BCUT2D eigenvalue weighted by molar-refractivity contribution is 9.09. The summed E-state index contributed by atoms with van der Waals surface area (Å²) in [4.78, 5) is 0. The minimum absolute atomic E-state index is 0.557. The van der Waals surface area contributed by atoms with Crippen LogP contribution in [0.1, 0.15) is 11.3 Å². The number of aryl methyl sites for hydroxylation is 1. The molecular weight excluding hydrogens is 312 g/mol. The summed E-state index contributed by atoms with van der Waals surface area (Å²) >= 11 is 9.48. The van der Waals surface area contributed by atoms with Crippen LogP contribution < -0.4 is 0 Å². The average molecular weight is 328 g/mol. The lowest BCUT2D eigenvalue weighted by atomic mass is 9.97. The molecule has 0 aliphatic heterocycles. The van der Waals surface area contributed by atoms with Gasteiger partial charge < -0.3 is 0 Å².